The summed E-state index contributed by atoms with van der Waals surface area (Å²) in [6.07, 6.45) is 1.61. The highest BCUT2D eigenvalue weighted by Gasteiger charge is 2.15. The average Bonchev–Trinajstić information content (AvgIpc) is 2.83. The molecule has 0 saturated carbocycles. The second kappa shape index (κ2) is 5.61. The Labute approximate surface area is 117 Å². The van der Waals surface area contributed by atoms with Crippen LogP contribution in [0.3, 0.4) is 0 Å². The minimum absolute atomic E-state index is 0.147. The lowest BCUT2D eigenvalue weighted by molar-refractivity contribution is 0.0684. The van der Waals surface area contributed by atoms with Gasteiger partial charge in [-0.3, -0.25) is 4.68 Å². The molecule has 1 aromatic carbocycles. The normalized spacial score (nSPS) is 10.3. The van der Waals surface area contributed by atoms with Gasteiger partial charge in [-0.05, 0) is 36.8 Å². The summed E-state index contributed by atoms with van der Waals surface area (Å²) in [6, 6.07) is 7.19. The van der Waals surface area contributed by atoms with Crippen LogP contribution < -0.4 is 4.74 Å². The topological polar surface area (TPSA) is 64.4 Å². The highest BCUT2D eigenvalue weighted by molar-refractivity contribution is 5.87. The number of nitrogens with zero attached hydrogens (tertiary/aromatic N) is 2. The maximum atomic E-state index is 11.2. The van der Waals surface area contributed by atoms with Crippen molar-refractivity contribution in [2.75, 3.05) is 7.11 Å². The molecular weight excluding hydrogens is 256 g/mol. The van der Waals surface area contributed by atoms with Crippen LogP contribution in [-0.4, -0.2) is 28.0 Å². The van der Waals surface area contributed by atoms with Crippen molar-refractivity contribution >= 4 is 5.97 Å². The van der Waals surface area contributed by atoms with Gasteiger partial charge < -0.3 is 9.84 Å². The van der Waals surface area contributed by atoms with Gasteiger partial charge >= 0.3 is 5.97 Å². The molecular formula is C15H16N2O3. The summed E-state index contributed by atoms with van der Waals surface area (Å²) in [4.78, 5) is 11.2. The molecule has 0 bridgehead atoms. The van der Waals surface area contributed by atoms with E-state index in [1.54, 1.807) is 19.3 Å². The molecule has 0 aliphatic carbocycles. The molecule has 0 saturated heterocycles. The van der Waals surface area contributed by atoms with Gasteiger partial charge in [-0.1, -0.05) is 6.08 Å². The SMILES string of the molecule is C=CCn1nc(-c2ccc(OC)c(C)c2)cc1C(=O)O. The molecule has 1 aromatic heterocycles. The monoisotopic (exact) mass is 272 g/mol. The van der Waals surface area contributed by atoms with E-state index >= 15 is 0 Å². The van der Waals surface area contributed by atoms with E-state index < -0.39 is 5.97 Å². The number of carbonyl (C=O) groups is 1. The molecule has 0 fully saturated rings. The molecule has 5 nitrogen and oxygen atoms in total. The fraction of sp³-hybridized carbons (Fsp3) is 0.200. The third-order valence-corrected chi connectivity index (χ3v) is 2.99. The summed E-state index contributed by atoms with van der Waals surface area (Å²) in [5, 5.41) is 13.5. The third kappa shape index (κ3) is 2.56. The van der Waals surface area contributed by atoms with E-state index in [0.29, 0.717) is 12.2 Å². The first-order valence-electron chi connectivity index (χ1n) is 6.14. The number of benzene rings is 1. The molecule has 0 radical (unpaired) electrons. The van der Waals surface area contributed by atoms with E-state index in [1.165, 1.54) is 4.68 Å². The molecule has 20 heavy (non-hydrogen) atoms. The van der Waals surface area contributed by atoms with Crippen molar-refractivity contribution in [1.29, 1.82) is 0 Å². The number of hydrogen-bond acceptors (Lipinski definition) is 3. The zero-order chi connectivity index (χ0) is 14.7. The van der Waals surface area contributed by atoms with Crippen molar-refractivity contribution in [3.05, 3.63) is 48.2 Å². The molecule has 0 amide bonds. The van der Waals surface area contributed by atoms with Gasteiger partial charge in [0.15, 0.2) is 0 Å². The van der Waals surface area contributed by atoms with Crippen molar-refractivity contribution in [2.24, 2.45) is 0 Å². The standard InChI is InChI=1S/C15H16N2O3/c1-4-7-17-13(15(18)19)9-12(16-17)11-5-6-14(20-3)10(2)8-11/h4-6,8-9H,1,7H2,2-3H3,(H,18,19). The maximum Gasteiger partial charge on any atom is 0.354 e. The maximum absolute atomic E-state index is 11.2. The number of hydrogen-bond donors (Lipinski definition) is 1. The van der Waals surface area contributed by atoms with Crippen LogP contribution in [0, 0.1) is 6.92 Å². The number of ether oxygens (including phenoxy) is 1. The van der Waals surface area contributed by atoms with Crippen molar-refractivity contribution in [3.63, 3.8) is 0 Å². The quantitative estimate of drug-likeness (QED) is 0.850. The fourth-order valence-electron chi connectivity index (χ4n) is 2.03. The largest absolute Gasteiger partial charge is 0.496 e. The lowest BCUT2D eigenvalue weighted by Crippen LogP contribution is -2.08. The number of aryl methyl sites for hydroxylation is 1. The average molecular weight is 272 g/mol. The predicted octanol–water partition coefficient (Wildman–Crippen LogP) is 2.75. The number of carboxylic acids is 1. The number of rotatable bonds is 5. The summed E-state index contributed by atoms with van der Waals surface area (Å²) < 4.78 is 6.63. The van der Waals surface area contributed by atoms with Crippen LogP contribution in [0.1, 0.15) is 16.1 Å². The summed E-state index contributed by atoms with van der Waals surface area (Å²) >= 11 is 0. The smallest absolute Gasteiger partial charge is 0.354 e. The molecule has 0 aliphatic heterocycles. The molecule has 104 valence electrons. The number of methoxy groups -OCH3 is 1. The summed E-state index contributed by atoms with van der Waals surface area (Å²) in [6.45, 7) is 5.89. The van der Waals surface area contributed by atoms with Gasteiger partial charge in [0.25, 0.3) is 0 Å². The molecule has 1 heterocycles. The lowest BCUT2D eigenvalue weighted by atomic mass is 10.1. The first kappa shape index (κ1) is 13.9. The first-order chi connectivity index (χ1) is 9.56. The number of allylic oxidation sites excluding steroid dienone is 1. The Bertz CT molecular complexity index is 659. The second-order valence-electron chi connectivity index (χ2n) is 4.38. The van der Waals surface area contributed by atoms with Crippen LogP contribution in [0.2, 0.25) is 0 Å². The van der Waals surface area contributed by atoms with E-state index in [4.69, 9.17) is 4.74 Å². The Balaban J connectivity index is 2.47. The summed E-state index contributed by atoms with van der Waals surface area (Å²) in [5.41, 5.74) is 2.59. The number of carboxylic acid groups (broad SMARTS) is 1. The molecule has 5 heteroatoms. The Kier molecular flexibility index (Phi) is 3.89. The van der Waals surface area contributed by atoms with Crippen molar-refractivity contribution in [2.45, 2.75) is 13.5 Å². The van der Waals surface area contributed by atoms with Crippen molar-refractivity contribution in [1.82, 2.24) is 9.78 Å². The lowest BCUT2D eigenvalue weighted by Gasteiger charge is -2.05. The zero-order valence-electron chi connectivity index (χ0n) is 11.5. The Morgan fingerprint density at radius 1 is 1.50 bits per heavy atom. The fourth-order valence-corrected chi connectivity index (χ4v) is 2.03. The van der Waals surface area contributed by atoms with Crippen molar-refractivity contribution in [3.8, 4) is 17.0 Å². The van der Waals surface area contributed by atoms with Gasteiger partial charge in [0, 0.05) is 5.56 Å². The molecule has 0 spiro atoms. The predicted molar refractivity (Wildman–Crippen MR) is 76.1 cm³/mol. The van der Waals surface area contributed by atoms with Crippen LogP contribution in [0.5, 0.6) is 5.75 Å². The van der Waals surface area contributed by atoms with Crippen molar-refractivity contribution < 1.29 is 14.6 Å². The van der Waals surface area contributed by atoms with Gasteiger partial charge in [-0.25, -0.2) is 4.79 Å². The van der Waals surface area contributed by atoms with Crippen LogP contribution in [0.15, 0.2) is 36.9 Å². The van der Waals surface area contributed by atoms with Crippen LogP contribution >= 0.6 is 0 Å². The van der Waals surface area contributed by atoms with Crippen LogP contribution in [-0.2, 0) is 6.54 Å². The Morgan fingerprint density at radius 3 is 2.80 bits per heavy atom. The van der Waals surface area contributed by atoms with Gasteiger partial charge in [0.1, 0.15) is 11.4 Å². The third-order valence-electron chi connectivity index (χ3n) is 2.99. The second-order valence-corrected chi connectivity index (χ2v) is 4.38. The minimum Gasteiger partial charge on any atom is -0.496 e. The van der Waals surface area contributed by atoms with E-state index in [0.717, 1.165) is 16.9 Å². The van der Waals surface area contributed by atoms with E-state index in [-0.39, 0.29) is 5.69 Å². The highest BCUT2D eigenvalue weighted by atomic mass is 16.5. The van der Waals surface area contributed by atoms with E-state index in [2.05, 4.69) is 11.7 Å². The van der Waals surface area contributed by atoms with Crippen LogP contribution in [0.4, 0.5) is 0 Å². The highest BCUT2D eigenvalue weighted by Crippen LogP contribution is 2.25. The van der Waals surface area contributed by atoms with Gasteiger partial charge in [-0.15, -0.1) is 6.58 Å². The van der Waals surface area contributed by atoms with Crippen LogP contribution in [0.25, 0.3) is 11.3 Å². The molecule has 2 aromatic rings. The Hall–Kier alpha value is -2.56. The number of aromatic carboxylic acids is 1. The van der Waals surface area contributed by atoms with Gasteiger partial charge in [0.05, 0.1) is 19.3 Å². The molecule has 2 rings (SSSR count). The van der Waals surface area contributed by atoms with E-state index in [1.807, 2.05) is 25.1 Å². The summed E-state index contributed by atoms with van der Waals surface area (Å²) in [7, 11) is 1.61. The number of aromatic nitrogens is 2. The molecule has 0 atom stereocenters. The van der Waals surface area contributed by atoms with E-state index in [9.17, 15) is 9.90 Å². The Morgan fingerprint density at radius 2 is 2.25 bits per heavy atom. The first-order valence-corrected chi connectivity index (χ1v) is 6.14. The van der Waals surface area contributed by atoms with Gasteiger partial charge in [-0.2, -0.15) is 5.10 Å². The zero-order valence-corrected chi connectivity index (χ0v) is 11.5. The summed E-state index contributed by atoms with van der Waals surface area (Å²) in [5.74, 6) is -0.214. The minimum atomic E-state index is -1.00. The molecule has 0 unspecified atom stereocenters. The molecule has 0 aliphatic rings. The molecule has 1 N–H and O–H groups in total. The van der Waals surface area contributed by atoms with Gasteiger partial charge in [0.2, 0.25) is 0 Å².